The number of rotatable bonds is 8. The Balaban J connectivity index is 1.28. The molecule has 5 rings (SSSR count). The van der Waals surface area contributed by atoms with E-state index in [0.29, 0.717) is 37.2 Å². The lowest BCUT2D eigenvalue weighted by Crippen LogP contribution is -2.44. The summed E-state index contributed by atoms with van der Waals surface area (Å²) in [5.74, 6) is 2.06. The van der Waals surface area contributed by atoms with Crippen molar-refractivity contribution in [3.8, 4) is 11.5 Å². The third kappa shape index (κ3) is 4.72. The summed E-state index contributed by atoms with van der Waals surface area (Å²) in [4.78, 5) is 25.1. The minimum Gasteiger partial charge on any atom is -0.467 e. The SMILES string of the molecule is O=C(CC[C@]1(Cc2ccc3c(c2)OCO3)CCC(=O)N1)N[C@@H](c1ccccc1)c1ccco1. The molecule has 2 aliphatic heterocycles. The first kappa shape index (κ1) is 21.1. The Morgan fingerprint density at radius 3 is 2.67 bits per heavy atom. The molecule has 2 amide bonds. The van der Waals surface area contributed by atoms with E-state index in [0.717, 1.165) is 16.9 Å². The van der Waals surface area contributed by atoms with Crippen LogP contribution in [0.4, 0.5) is 0 Å². The summed E-state index contributed by atoms with van der Waals surface area (Å²) < 4.78 is 16.5. The molecule has 170 valence electrons. The fraction of sp³-hybridized carbons (Fsp3) is 0.308. The smallest absolute Gasteiger partial charge is 0.231 e. The van der Waals surface area contributed by atoms with Crippen LogP contribution in [0.15, 0.2) is 71.3 Å². The van der Waals surface area contributed by atoms with Crippen LogP contribution in [0.1, 0.15) is 48.6 Å². The van der Waals surface area contributed by atoms with E-state index in [4.69, 9.17) is 13.9 Å². The minimum absolute atomic E-state index is 0.0221. The van der Waals surface area contributed by atoms with Crippen molar-refractivity contribution in [2.24, 2.45) is 0 Å². The lowest BCUT2D eigenvalue weighted by molar-refractivity contribution is -0.123. The number of amides is 2. The zero-order valence-corrected chi connectivity index (χ0v) is 18.2. The van der Waals surface area contributed by atoms with Gasteiger partial charge in [-0.05, 0) is 54.7 Å². The van der Waals surface area contributed by atoms with Crippen molar-refractivity contribution >= 4 is 11.8 Å². The summed E-state index contributed by atoms with van der Waals surface area (Å²) in [6, 6.07) is 18.9. The summed E-state index contributed by atoms with van der Waals surface area (Å²) in [5, 5.41) is 6.25. The Morgan fingerprint density at radius 2 is 1.91 bits per heavy atom. The maximum absolute atomic E-state index is 13.0. The van der Waals surface area contributed by atoms with Crippen molar-refractivity contribution in [2.45, 2.75) is 43.7 Å². The third-order valence-electron chi connectivity index (χ3n) is 6.31. The molecule has 2 atom stereocenters. The molecule has 2 aromatic carbocycles. The standard InChI is InChI=1S/C26H26N2O5/c29-23(27-25(21-7-4-14-31-21)19-5-2-1-3-6-19)10-12-26(13-11-24(30)28-26)16-18-8-9-20-22(15-18)33-17-32-20/h1-9,14-15,25H,10-13,16-17H2,(H,27,29)(H,28,30)/t25-,26+/m0/s1. The molecule has 0 spiro atoms. The molecule has 2 aliphatic rings. The van der Waals surface area contributed by atoms with E-state index in [1.165, 1.54) is 0 Å². The molecule has 7 nitrogen and oxygen atoms in total. The molecule has 0 aliphatic carbocycles. The lowest BCUT2D eigenvalue weighted by atomic mass is 9.84. The van der Waals surface area contributed by atoms with E-state index in [2.05, 4.69) is 10.6 Å². The van der Waals surface area contributed by atoms with E-state index in [1.807, 2.05) is 60.7 Å². The molecule has 7 heteroatoms. The molecule has 0 unspecified atom stereocenters. The van der Waals surface area contributed by atoms with Crippen LogP contribution < -0.4 is 20.1 Å². The molecular formula is C26H26N2O5. The zero-order chi connectivity index (χ0) is 22.7. The first-order chi connectivity index (χ1) is 16.1. The monoisotopic (exact) mass is 446 g/mol. The van der Waals surface area contributed by atoms with Crippen molar-refractivity contribution in [3.05, 3.63) is 83.8 Å². The second-order valence-electron chi connectivity index (χ2n) is 8.62. The number of fused-ring (bicyclic) bond motifs is 1. The number of carbonyl (C=O) groups excluding carboxylic acids is 2. The first-order valence-electron chi connectivity index (χ1n) is 11.2. The summed E-state index contributed by atoms with van der Waals surface area (Å²) in [6.07, 6.45) is 4.21. The van der Waals surface area contributed by atoms with Crippen LogP contribution in [-0.4, -0.2) is 24.1 Å². The second-order valence-corrected chi connectivity index (χ2v) is 8.62. The number of hydrogen-bond donors (Lipinski definition) is 2. The predicted octanol–water partition coefficient (Wildman–Crippen LogP) is 3.89. The van der Waals surface area contributed by atoms with Gasteiger partial charge in [-0.25, -0.2) is 0 Å². The number of hydrogen-bond acceptors (Lipinski definition) is 5. The van der Waals surface area contributed by atoms with Gasteiger partial charge in [0.1, 0.15) is 11.8 Å². The topological polar surface area (TPSA) is 89.8 Å². The number of carbonyl (C=O) groups is 2. The van der Waals surface area contributed by atoms with Gasteiger partial charge in [0.05, 0.1) is 6.26 Å². The van der Waals surface area contributed by atoms with Crippen molar-refractivity contribution in [2.75, 3.05) is 6.79 Å². The summed E-state index contributed by atoms with van der Waals surface area (Å²) in [7, 11) is 0. The molecule has 3 heterocycles. The van der Waals surface area contributed by atoms with Gasteiger partial charge in [-0.15, -0.1) is 0 Å². The van der Waals surface area contributed by atoms with Crippen LogP contribution in [-0.2, 0) is 16.0 Å². The molecule has 33 heavy (non-hydrogen) atoms. The van der Waals surface area contributed by atoms with E-state index in [1.54, 1.807) is 6.26 Å². The molecule has 1 aromatic heterocycles. The lowest BCUT2D eigenvalue weighted by Gasteiger charge is -2.30. The molecule has 1 saturated heterocycles. The van der Waals surface area contributed by atoms with Crippen LogP contribution >= 0.6 is 0 Å². The van der Waals surface area contributed by atoms with Crippen molar-refractivity contribution in [1.82, 2.24) is 10.6 Å². The van der Waals surface area contributed by atoms with Crippen LogP contribution in [0, 0.1) is 0 Å². The highest BCUT2D eigenvalue weighted by Gasteiger charge is 2.38. The average Bonchev–Trinajstić information content (AvgIpc) is 3.58. The molecular weight excluding hydrogens is 420 g/mol. The molecule has 0 bridgehead atoms. The fourth-order valence-corrected chi connectivity index (χ4v) is 4.63. The number of benzene rings is 2. The van der Waals surface area contributed by atoms with E-state index >= 15 is 0 Å². The van der Waals surface area contributed by atoms with Crippen LogP contribution in [0.25, 0.3) is 0 Å². The van der Waals surface area contributed by atoms with E-state index < -0.39 is 5.54 Å². The largest absolute Gasteiger partial charge is 0.467 e. The van der Waals surface area contributed by atoms with Crippen LogP contribution in [0.5, 0.6) is 11.5 Å². The number of ether oxygens (including phenoxy) is 2. The van der Waals surface area contributed by atoms with Crippen molar-refractivity contribution in [3.63, 3.8) is 0 Å². The van der Waals surface area contributed by atoms with Crippen molar-refractivity contribution in [1.29, 1.82) is 0 Å². The minimum atomic E-state index is -0.463. The summed E-state index contributed by atoms with van der Waals surface area (Å²) >= 11 is 0. The zero-order valence-electron chi connectivity index (χ0n) is 18.2. The summed E-state index contributed by atoms with van der Waals surface area (Å²) in [6.45, 7) is 0.221. The second kappa shape index (κ2) is 9.02. The van der Waals surface area contributed by atoms with Gasteiger partial charge < -0.3 is 24.5 Å². The first-order valence-corrected chi connectivity index (χ1v) is 11.2. The van der Waals surface area contributed by atoms with Crippen molar-refractivity contribution < 1.29 is 23.5 Å². The third-order valence-corrected chi connectivity index (χ3v) is 6.31. The van der Waals surface area contributed by atoms with Gasteiger partial charge >= 0.3 is 0 Å². The Bertz CT molecular complexity index is 1130. The molecule has 0 saturated carbocycles. The number of furan rings is 1. The quantitative estimate of drug-likeness (QED) is 0.548. The van der Waals surface area contributed by atoms with Crippen LogP contribution in [0.3, 0.4) is 0 Å². The van der Waals surface area contributed by atoms with E-state index in [-0.39, 0.29) is 31.1 Å². The Labute approximate surface area is 192 Å². The summed E-state index contributed by atoms with van der Waals surface area (Å²) in [5.41, 5.74) is 1.53. The highest BCUT2D eigenvalue weighted by atomic mass is 16.7. The highest BCUT2D eigenvalue weighted by Crippen LogP contribution is 2.36. The number of nitrogens with one attached hydrogen (secondary N) is 2. The van der Waals surface area contributed by atoms with Gasteiger partial charge in [0, 0.05) is 18.4 Å². The van der Waals surface area contributed by atoms with Gasteiger partial charge in [0.2, 0.25) is 18.6 Å². The normalized spacial score (nSPS) is 19.8. The average molecular weight is 447 g/mol. The highest BCUT2D eigenvalue weighted by molar-refractivity contribution is 5.80. The van der Waals surface area contributed by atoms with Gasteiger partial charge in [-0.2, -0.15) is 0 Å². The molecule has 2 N–H and O–H groups in total. The van der Waals surface area contributed by atoms with Gasteiger partial charge in [-0.1, -0.05) is 36.4 Å². The van der Waals surface area contributed by atoms with Gasteiger partial charge in [0.15, 0.2) is 11.5 Å². The van der Waals surface area contributed by atoms with E-state index in [9.17, 15) is 9.59 Å². The predicted molar refractivity (Wildman–Crippen MR) is 121 cm³/mol. The molecule has 0 radical (unpaired) electrons. The Morgan fingerprint density at radius 1 is 1.06 bits per heavy atom. The maximum Gasteiger partial charge on any atom is 0.231 e. The fourth-order valence-electron chi connectivity index (χ4n) is 4.63. The van der Waals surface area contributed by atoms with Gasteiger partial charge in [0.25, 0.3) is 0 Å². The molecule has 1 fully saturated rings. The Kier molecular flexibility index (Phi) is 5.77. The molecule has 3 aromatic rings. The maximum atomic E-state index is 13.0. The Hall–Kier alpha value is -3.74. The van der Waals surface area contributed by atoms with Crippen LogP contribution in [0.2, 0.25) is 0 Å². The van der Waals surface area contributed by atoms with Gasteiger partial charge in [-0.3, -0.25) is 9.59 Å².